The Morgan fingerprint density at radius 3 is 2.81 bits per heavy atom. The van der Waals surface area contributed by atoms with Crippen molar-refractivity contribution < 1.29 is 24.1 Å². The van der Waals surface area contributed by atoms with Crippen LogP contribution in [0.5, 0.6) is 17.2 Å². The lowest BCUT2D eigenvalue weighted by Crippen LogP contribution is -2.09. The summed E-state index contributed by atoms with van der Waals surface area (Å²) in [4.78, 5) is 11.6. The minimum absolute atomic E-state index is 0.0202. The molecular formula is C27H26O5. The summed E-state index contributed by atoms with van der Waals surface area (Å²) in [7, 11) is 1.41. The first-order chi connectivity index (χ1) is 15.5. The van der Waals surface area contributed by atoms with Gasteiger partial charge in [-0.3, -0.25) is 4.79 Å². The van der Waals surface area contributed by atoms with Crippen LogP contribution in [0.15, 0.2) is 54.6 Å². The third-order valence-corrected chi connectivity index (χ3v) is 6.51. The van der Waals surface area contributed by atoms with Crippen molar-refractivity contribution in [2.24, 2.45) is 0 Å². The van der Waals surface area contributed by atoms with Gasteiger partial charge >= 0.3 is 5.97 Å². The molecule has 2 aliphatic rings. The molecule has 0 radical (unpaired) electrons. The second-order valence-corrected chi connectivity index (χ2v) is 8.51. The van der Waals surface area contributed by atoms with Crippen LogP contribution >= 0.6 is 0 Å². The summed E-state index contributed by atoms with van der Waals surface area (Å²) < 4.78 is 17.0. The van der Waals surface area contributed by atoms with Crippen LogP contribution in [0.2, 0.25) is 0 Å². The van der Waals surface area contributed by atoms with Crippen LogP contribution in [-0.2, 0) is 16.0 Å². The van der Waals surface area contributed by atoms with E-state index in [0.717, 1.165) is 46.6 Å². The monoisotopic (exact) mass is 430 g/mol. The van der Waals surface area contributed by atoms with Crippen molar-refractivity contribution in [3.63, 3.8) is 0 Å². The zero-order valence-corrected chi connectivity index (χ0v) is 18.3. The number of carbonyl (C=O) groups excluding carboxylic acids is 1. The second kappa shape index (κ2) is 8.23. The van der Waals surface area contributed by atoms with Crippen molar-refractivity contribution in [3.8, 4) is 28.4 Å². The lowest BCUT2D eigenvalue weighted by Gasteiger charge is -2.17. The maximum absolute atomic E-state index is 11.6. The molecule has 1 aliphatic carbocycles. The van der Waals surface area contributed by atoms with E-state index in [0.29, 0.717) is 13.0 Å². The first-order valence-corrected chi connectivity index (χ1v) is 11.0. The van der Waals surface area contributed by atoms with Crippen molar-refractivity contribution in [1.29, 1.82) is 0 Å². The Balaban J connectivity index is 1.39. The highest BCUT2D eigenvalue weighted by Gasteiger charge is 2.30. The van der Waals surface area contributed by atoms with Gasteiger partial charge in [0.15, 0.2) is 0 Å². The highest BCUT2D eigenvalue weighted by Crippen LogP contribution is 2.43. The standard InChI is InChI=1S/C27H26O5/c1-16-6-7-18(28)13-24(16)21-4-3-5-23-22(21)10-11-25(23)32-19-8-9-20-17(12-27(29)30-2)15-31-26(20)14-19/h3-9,13-14,17,25,28H,10-12,15H2,1-2H3/t17-,25-/m1/s1. The summed E-state index contributed by atoms with van der Waals surface area (Å²) in [5.41, 5.74) is 6.85. The third kappa shape index (κ3) is 3.68. The number of hydrogen-bond acceptors (Lipinski definition) is 5. The molecule has 0 spiro atoms. The number of hydrogen-bond donors (Lipinski definition) is 1. The van der Waals surface area contributed by atoms with Gasteiger partial charge in [0, 0.05) is 17.5 Å². The van der Waals surface area contributed by atoms with Crippen LogP contribution in [0.1, 0.15) is 47.1 Å². The molecule has 1 aliphatic heterocycles. The van der Waals surface area contributed by atoms with E-state index in [1.165, 1.54) is 18.2 Å². The van der Waals surface area contributed by atoms with Crippen molar-refractivity contribution >= 4 is 5.97 Å². The van der Waals surface area contributed by atoms with Gasteiger partial charge in [0.1, 0.15) is 23.4 Å². The Morgan fingerprint density at radius 2 is 1.97 bits per heavy atom. The molecule has 0 unspecified atom stereocenters. The molecule has 1 N–H and O–H groups in total. The Labute approximate surface area is 187 Å². The van der Waals surface area contributed by atoms with E-state index in [1.807, 2.05) is 30.3 Å². The van der Waals surface area contributed by atoms with Crippen LogP contribution in [-0.4, -0.2) is 24.8 Å². The quantitative estimate of drug-likeness (QED) is 0.544. The number of rotatable bonds is 5. The van der Waals surface area contributed by atoms with E-state index in [4.69, 9.17) is 14.2 Å². The van der Waals surface area contributed by atoms with Crippen LogP contribution in [0, 0.1) is 6.92 Å². The van der Waals surface area contributed by atoms with Gasteiger partial charge in [-0.1, -0.05) is 30.3 Å². The van der Waals surface area contributed by atoms with Crippen LogP contribution in [0.25, 0.3) is 11.1 Å². The van der Waals surface area contributed by atoms with Gasteiger partial charge in [0.2, 0.25) is 0 Å². The summed E-state index contributed by atoms with van der Waals surface area (Å²) in [6, 6.07) is 17.7. The molecule has 3 aromatic rings. The molecule has 0 amide bonds. The van der Waals surface area contributed by atoms with Gasteiger partial charge in [-0.25, -0.2) is 0 Å². The molecule has 0 aromatic heterocycles. The van der Waals surface area contributed by atoms with Crippen LogP contribution < -0.4 is 9.47 Å². The number of esters is 1. The van der Waals surface area contributed by atoms with Crippen LogP contribution in [0.3, 0.4) is 0 Å². The van der Waals surface area contributed by atoms with Crippen molar-refractivity contribution in [2.45, 2.75) is 38.2 Å². The van der Waals surface area contributed by atoms with Gasteiger partial charge in [-0.05, 0) is 65.8 Å². The highest BCUT2D eigenvalue weighted by molar-refractivity contribution is 5.74. The molecule has 2 atom stereocenters. The fourth-order valence-electron chi connectivity index (χ4n) is 4.84. The number of benzene rings is 3. The summed E-state index contributed by atoms with van der Waals surface area (Å²) >= 11 is 0. The molecule has 5 nitrogen and oxygen atoms in total. The minimum atomic E-state index is -0.230. The fourth-order valence-corrected chi connectivity index (χ4v) is 4.84. The average Bonchev–Trinajstić information content (AvgIpc) is 3.39. The first kappa shape index (κ1) is 20.4. The number of phenolic OH excluding ortho intramolecular Hbond substituents is 1. The SMILES string of the molecule is COC(=O)C[C@@H]1COc2cc(O[C@@H]3CCc4c(-c5cc(O)ccc5C)cccc43)ccc21. The molecule has 1 heterocycles. The first-order valence-electron chi connectivity index (χ1n) is 11.0. The van der Waals surface area contributed by atoms with Crippen molar-refractivity contribution in [1.82, 2.24) is 0 Å². The Morgan fingerprint density at radius 1 is 1.09 bits per heavy atom. The van der Waals surface area contributed by atoms with E-state index in [9.17, 15) is 9.90 Å². The van der Waals surface area contributed by atoms with E-state index in [-0.39, 0.29) is 23.7 Å². The Hall–Kier alpha value is -3.47. The number of aromatic hydroxyl groups is 1. The normalized spacial score (nSPS) is 18.6. The molecule has 5 rings (SSSR count). The summed E-state index contributed by atoms with van der Waals surface area (Å²) in [5, 5.41) is 9.99. The van der Waals surface area contributed by atoms with Gasteiger partial charge in [-0.15, -0.1) is 0 Å². The minimum Gasteiger partial charge on any atom is -0.508 e. The Bertz CT molecular complexity index is 1180. The van der Waals surface area contributed by atoms with E-state index in [2.05, 4.69) is 25.1 Å². The van der Waals surface area contributed by atoms with Crippen molar-refractivity contribution in [2.75, 3.05) is 13.7 Å². The van der Waals surface area contributed by atoms with Crippen LogP contribution in [0.4, 0.5) is 0 Å². The molecule has 0 saturated heterocycles. The summed E-state index contributed by atoms with van der Waals surface area (Å²) in [6.45, 7) is 2.54. The smallest absolute Gasteiger partial charge is 0.306 e. The molecular weight excluding hydrogens is 404 g/mol. The molecule has 164 valence electrons. The molecule has 3 aromatic carbocycles. The highest BCUT2D eigenvalue weighted by atomic mass is 16.5. The maximum atomic E-state index is 11.6. The zero-order valence-electron chi connectivity index (χ0n) is 18.3. The predicted molar refractivity (Wildman–Crippen MR) is 121 cm³/mol. The van der Waals surface area contributed by atoms with E-state index < -0.39 is 0 Å². The summed E-state index contributed by atoms with van der Waals surface area (Å²) in [5.74, 6) is 1.61. The maximum Gasteiger partial charge on any atom is 0.306 e. The van der Waals surface area contributed by atoms with Gasteiger partial charge in [0.05, 0.1) is 20.1 Å². The number of carbonyl (C=O) groups is 1. The topological polar surface area (TPSA) is 65.0 Å². The molecule has 32 heavy (non-hydrogen) atoms. The average molecular weight is 431 g/mol. The molecule has 5 heteroatoms. The van der Waals surface area contributed by atoms with E-state index >= 15 is 0 Å². The Kier molecular flexibility index (Phi) is 5.25. The number of aryl methyl sites for hydroxylation is 1. The fraction of sp³-hybridized carbons (Fsp3) is 0.296. The lowest BCUT2D eigenvalue weighted by molar-refractivity contribution is -0.141. The number of methoxy groups -OCH3 is 1. The second-order valence-electron chi connectivity index (χ2n) is 8.51. The molecule has 0 fully saturated rings. The predicted octanol–water partition coefficient (Wildman–Crippen LogP) is 5.47. The molecule has 0 saturated carbocycles. The van der Waals surface area contributed by atoms with Gasteiger partial charge in [0.25, 0.3) is 0 Å². The van der Waals surface area contributed by atoms with Gasteiger partial charge < -0.3 is 19.3 Å². The van der Waals surface area contributed by atoms with Gasteiger partial charge in [-0.2, -0.15) is 0 Å². The van der Waals surface area contributed by atoms with Crippen molar-refractivity contribution in [3.05, 3.63) is 76.9 Å². The largest absolute Gasteiger partial charge is 0.508 e. The lowest BCUT2D eigenvalue weighted by atomic mass is 9.93. The van der Waals surface area contributed by atoms with E-state index in [1.54, 1.807) is 6.07 Å². The third-order valence-electron chi connectivity index (χ3n) is 6.51. The zero-order chi connectivity index (χ0) is 22.2. The number of phenols is 1. The number of ether oxygens (including phenoxy) is 3. The summed E-state index contributed by atoms with van der Waals surface area (Å²) in [6.07, 6.45) is 2.10. The molecule has 0 bridgehead atoms. The number of fused-ring (bicyclic) bond motifs is 2.